The van der Waals surface area contributed by atoms with Crippen molar-refractivity contribution in [1.29, 1.82) is 5.26 Å². The van der Waals surface area contributed by atoms with Gasteiger partial charge < -0.3 is 20.3 Å². The molecule has 28 heavy (non-hydrogen) atoms. The van der Waals surface area contributed by atoms with Crippen molar-refractivity contribution in [1.82, 2.24) is 5.32 Å². The predicted octanol–water partition coefficient (Wildman–Crippen LogP) is 0.582. The average Bonchev–Trinajstić information content (AvgIpc) is 3.08. The molecule has 1 spiro atoms. The molecule has 1 heterocycles. The molecule has 0 aromatic heterocycles. The molecular formula is C21H24N2O5. The minimum Gasteiger partial charge on any atom is -0.455 e. The van der Waals surface area contributed by atoms with E-state index in [0.717, 1.165) is 11.1 Å². The Morgan fingerprint density at radius 2 is 2.29 bits per heavy atom. The second-order valence-corrected chi connectivity index (χ2v) is 9.41. The van der Waals surface area contributed by atoms with Crippen LogP contribution in [0.3, 0.4) is 0 Å². The Bertz CT molecular complexity index is 890. The third-order valence-corrected chi connectivity index (χ3v) is 8.31. The number of aliphatic hydroxyl groups excluding tert-OH is 1. The molecule has 0 radical (unpaired) electrons. The molecule has 0 aromatic rings. The molecule has 0 unspecified atom stereocenters. The topological polar surface area (TPSA) is 120 Å². The van der Waals surface area contributed by atoms with Gasteiger partial charge in [-0.2, -0.15) is 5.26 Å². The molecule has 4 fully saturated rings. The number of rotatable bonds is 2. The first-order valence-electron chi connectivity index (χ1n) is 9.85. The molecular weight excluding hydrogens is 360 g/mol. The molecule has 4 aliphatic carbocycles. The molecule has 1 aliphatic heterocycles. The van der Waals surface area contributed by atoms with Gasteiger partial charge in [0.15, 0.2) is 0 Å². The van der Waals surface area contributed by atoms with Crippen LogP contribution in [-0.2, 0) is 14.3 Å². The Kier molecular flexibility index (Phi) is 3.35. The van der Waals surface area contributed by atoms with Gasteiger partial charge in [-0.25, -0.2) is 0 Å². The number of carbonyl (C=O) groups excluding carboxylic acids is 2. The van der Waals surface area contributed by atoms with Crippen LogP contribution >= 0.6 is 0 Å². The number of esters is 1. The summed E-state index contributed by atoms with van der Waals surface area (Å²) in [4.78, 5) is 26.1. The summed E-state index contributed by atoms with van der Waals surface area (Å²) in [7, 11) is 0. The summed E-state index contributed by atoms with van der Waals surface area (Å²) < 4.78 is 5.43. The second-order valence-electron chi connectivity index (χ2n) is 9.41. The van der Waals surface area contributed by atoms with E-state index in [9.17, 15) is 19.8 Å². The number of allylic oxidation sites excluding steroid dienone is 1. The Hall–Kier alpha value is -2.17. The quantitative estimate of drug-likeness (QED) is 0.364. The van der Waals surface area contributed by atoms with E-state index in [1.54, 1.807) is 6.92 Å². The average molecular weight is 384 g/mol. The van der Waals surface area contributed by atoms with Gasteiger partial charge in [0.05, 0.1) is 17.6 Å². The molecule has 0 aromatic carbocycles. The molecule has 5 rings (SSSR count). The van der Waals surface area contributed by atoms with Crippen LogP contribution in [0.4, 0.5) is 0 Å². The van der Waals surface area contributed by atoms with Gasteiger partial charge in [0.1, 0.15) is 24.2 Å². The van der Waals surface area contributed by atoms with Crippen LogP contribution in [0.15, 0.2) is 23.8 Å². The molecule has 1 saturated heterocycles. The highest BCUT2D eigenvalue weighted by molar-refractivity contribution is 5.87. The first-order valence-corrected chi connectivity index (χ1v) is 9.85. The van der Waals surface area contributed by atoms with Crippen LogP contribution in [0.5, 0.6) is 0 Å². The van der Waals surface area contributed by atoms with E-state index in [0.29, 0.717) is 25.7 Å². The minimum absolute atomic E-state index is 0.0266. The van der Waals surface area contributed by atoms with Gasteiger partial charge in [-0.05, 0) is 55.6 Å². The first-order chi connectivity index (χ1) is 13.2. The van der Waals surface area contributed by atoms with Crippen molar-refractivity contribution >= 4 is 11.9 Å². The maximum atomic E-state index is 13.3. The van der Waals surface area contributed by atoms with Crippen molar-refractivity contribution in [3.05, 3.63) is 23.8 Å². The van der Waals surface area contributed by atoms with Crippen LogP contribution in [0.2, 0.25) is 0 Å². The summed E-state index contributed by atoms with van der Waals surface area (Å²) in [6.07, 6.45) is 2.36. The summed E-state index contributed by atoms with van der Waals surface area (Å²) in [5.74, 6) is -1.90. The number of carbonyl (C=O) groups is 2. The van der Waals surface area contributed by atoms with E-state index < -0.39 is 46.4 Å². The van der Waals surface area contributed by atoms with Crippen LogP contribution in [-0.4, -0.2) is 46.4 Å². The highest BCUT2D eigenvalue weighted by Gasteiger charge is 2.75. The number of nitrogens with zero attached hydrogens (tertiary/aromatic N) is 1. The van der Waals surface area contributed by atoms with Crippen molar-refractivity contribution < 1.29 is 24.5 Å². The van der Waals surface area contributed by atoms with Crippen LogP contribution in [0.1, 0.15) is 32.6 Å². The highest BCUT2D eigenvalue weighted by atomic mass is 16.6. The Balaban J connectivity index is 1.70. The van der Waals surface area contributed by atoms with Gasteiger partial charge in [0, 0.05) is 5.92 Å². The van der Waals surface area contributed by atoms with Crippen molar-refractivity contribution in [2.75, 3.05) is 6.54 Å². The Morgan fingerprint density at radius 3 is 3.00 bits per heavy atom. The van der Waals surface area contributed by atoms with E-state index in [1.165, 1.54) is 0 Å². The molecule has 3 saturated carbocycles. The lowest BCUT2D eigenvalue weighted by Crippen LogP contribution is -2.52. The molecule has 3 N–H and O–H groups in total. The number of hydrogen-bond donors (Lipinski definition) is 3. The lowest BCUT2D eigenvalue weighted by atomic mass is 9.60. The summed E-state index contributed by atoms with van der Waals surface area (Å²) in [5, 5.41) is 33.5. The van der Waals surface area contributed by atoms with E-state index in [4.69, 9.17) is 10.00 Å². The van der Waals surface area contributed by atoms with Gasteiger partial charge in [0.25, 0.3) is 0 Å². The number of aliphatic hydroxyl groups is 2. The number of nitrogens with one attached hydrogen (secondary N) is 1. The summed E-state index contributed by atoms with van der Waals surface area (Å²) >= 11 is 0. The summed E-state index contributed by atoms with van der Waals surface area (Å²) in [5.41, 5.74) is -1.01. The van der Waals surface area contributed by atoms with Crippen molar-refractivity contribution in [2.24, 2.45) is 28.6 Å². The second kappa shape index (κ2) is 5.25. The molecule has 5 aliphatic rings. The molecule has 1 amide bonds. The monoisotopic (exact) mass is 384 g/mol. The fourth-order valence-electron chi connectivity index (χ4n) is 7.12. The third kappa shape index (κ3) is 1.81. The lowest BCUT2D eigenvalue weighted by Gasteiger charge is -2.42. The smallest absolute Gasteiger partial charge is 0.315 e. The maximum Gasteiger partial charge on any atom is 0.315 e. The van der Waals surface area contributed by atoms with Gasteiger partial charge in [-0.3, -0.25) is 9.59 Å². The fraction of sp³-hybridized carbons (Fsp3) is 0.667. The highest BCUT2D eigenvalue weighted by Crippen LogP contribution is 2.74. The molecule has 4 bridgehead atoms. The maximum absolute atomic E-state index is 13.3. The van der Waals surface area contributed by atoms with Gasteiger partial charge >= 0.3 is 5.97 Å². The standard InChI is InChI=1S/C21H24N2O5/c1-10-8-20-9-21(10,27)4-3-12(20)11-7-13-16(24)19(2,18(26)28-13)14(11)15(20)17(25)23-6-5-22/h7,12-16,24,27H,1,3-4,6,8-9H2,2H3,(H,23,25)/t12-,13+,14+,15+,16-,19-,20-,21-/m0/s1. The van der Waals surface area contributed by atoms with Crippen molar-refractivity contribution in [3.8, 4) is 6.07 Å². The molecule has 7 nitrogen and oxygen atoms in total. The van der Waals surface area contributed by atoms with Crippen LogP contribution in [0.25, 0.3) is 0 Å². The third-order valence-electron chi connectivity index (χ3n) is 8.31. The number of hydrogen-bond acceptors (Lipinski definition) is 6. The summed E-state index contributed by atoms with van der Waals surface area (Å²) in [6, 6.07) is 1.93. The van der Waals surface area contributed by atoms with Crippen LogP contribution in [0, 0.1) is 39.9 Å². The zero-order chi connectivity index (χ0) is 20.1. The number of nitriles is 1. The largest absolute Gasteiger partial charge is 0.455 e. The molecule has 8 atom stereocenters. The predicted molar refractivity (Wildman–Crippen MR) is 96.2 cm³/mol. The van der Waals surface area contributed by atoms with E-state index >= 15 is 0 Å². The number of fused-ring (bicyclic) bond motifs is 6. The number of ether oxygens (including phenoxy) is 1. The Morgan fingerprint density at radius 1 is 1.54 bits per heavy atom. The molecule has 148 valence electrons. The van der Waals surface area contributed by atoms with Gasteiger partial charge in [-0.15, -0.1) is 0 Å². The Labute approximate surface area is 163 Å². The lowest BCUT2D eigenvalue weighted by molar-refractivity contribution is -0.151. The van der Waals surface area contributed by atoms with E-state index in [-0.39, 0.29) is 18.4 Å². The van der Waals surface area contributed by atoms with E-state index in [1.807, 2.05) is 12.1 Å². The zero-order valence-corrected chi connectivity index (χ0v) is 15.8. The molecule has 7 heteroatoms. The normalized spacial score (nSPS) is 50.4. The van der Waals surface area contributed by atoms with Crippen molar-refractivity contribution in [2.45, 2.75) is 50.4 Å². The zero-order valence-electron chi connectivity index (χ0n) is 15.8. The fourth-order valence-corrected chi connectivity index (χ4v) is 7.12. The van der Waals surface area contributed by atoms with Crippen LogP contribution < -0.4 is 5.32 Å². The number of amides is 1. The first kappa shape index (κ1) is 17.9. The van der Waals surface area contributed by atoms with E-state index in [2.05, 4.69) is 11.9 Å². The summed E-state index contributed by atoms with van der Waals surface area (Å²) in [6.45, 7) is 5.66. The SMILES string of the molecule is C=C1C[C@]23C[C@@]1(O)CC[C@H]2C1=C[C@H]2OC(=O)[C@@](C)([C@H]1[C@@H]3C(=O)NCC#N)[C@H]2O. The van der Waals surface area contributed by atoms with Gasteiger partial charge in [-0.1, -0.05) is 12.2 Å². The van der Waals surface area contributed by atoms with Gasteiger partial charge in [0.2, 0.25) is 5.91 Å². The minimum atomic E-state index is -1.21. The van der Waals surface area contributed by atoms with Crippen molar-refractivity contribution in [3.63, 3.8) is 0 Å².